The van der Waals surface area contributed by atoms with E-state index in [2.05, 4.69) is 22.3 Å². The molecule has 2 fully saturated rings. The van der Waals surface area contributed by atoms with E-state index < -0.39 is 29.1 Å². The molecule has 0 radical (unpaired) electrons. The van der Waals surface area contributed by atoms with E-state index in [-0.39, 0.29) is 24.7 Å². The molecule has 0 aromatic heterocycles. The van der Waals surface area contributed by atoms with Crippen molar-refractivity contribution in [3.05, 3.63) is 64.0 Å². The van der Waals surface area contributed by atoms with Crippen LogP contribution in [-0.2, 0) is 9.53 Å². The van der Waals surface area contributed by atoms with Crippen molar-refractivity contribution in [1.82, 2.24) is 10.2 Å². The zero-order valence-corrected chi connectivity index (χ0v) is 20.7. The minimum Gasteiger partial charge on any atom is -0.386 e. The second kappa shape index (κ2) is 12.0. The van der Waals surface area contributed by atoms with E-state index in [1.807, 2.05) is 23.1 Å². The van der Waals surface area contributed by atoms with Gasteiger partial charge >= 0.3 is 6.18 Å². The molecule has 1 unspecified atom stereocenters. The molecule has 2 aliphatic carbocycles. The quantitative estimate of drug-likeness (QED) is 0.425. The van der Waals surface area contributed by atoms with Crippen molar-refractivity contribution in [3.8, 4) is 0 Å². The van der Waals surface area contributed by atoms with E-state index in [4.69, 9.17) is 4.74 Å². The van der Waals surface area contributed by atoms with Crippen LogP contribution in [0.15, 0.2) is 53.9 Å². The van der Waals surface area contributed by atoms with Crippen molar-refractivity contribution < 1.29 is 27.6 Å². The molecule has 0 spiro atoms. The summed E-state index contributed by atoms with van der Waals surface area (Å²) in [4.78, 5) is 26.9. The summed E-state index contributed by atoms with van der Waals surface area (Å²) in [5.74, 6) is -2.13. The van der Waals surface area contributed by atoms with Gasteiger partial charge in [0.2, 0.25) is 5.91 Å². The zero-order valence-electron chi connectivity index (χ0n) is 20.7. The second-order valence-corrected chi connectivity index (χ2v) is 9.82. The van der Waals surface area contributed by atoms with Gasteiger partial charge in [0, 0.05) is 56.1 Å². The molecule has 4 rings (SSSR count). The van der Waals surface area contributed by atoms with Crippen LogP contribution >= 0.6 is 0 Å². The molecule has 0 bridgehead atoms. The van der Waals surface area contributed by atoms with Crippen LogP contribution in [0.5, 0.6) is 0 Å². The fourth-order valence-corrected chi connectivity index (χ4v) is 5.25. The Labute approximate surface area is 214 Å². The molecule has 8 nitrogen and oxygen atoms in total. The first-order chi connectivity index (χ1) is 17.7. The van der Waals surface area contributed by atoms with Crippen molar-refractivity contribution in [2.45, 2.75) is 56.8 Å². The van der Waals surface area contributed by atoms with Crippen LogP contribution in [0.4, 0.5) is 18.9 Å². The van der Waals surface area contributed by atoms with Gasteiger partial charge in [-0.15, -0.1) is 0 Å². The average molecular weight is 523 g/mol. The maximum absolute atomic E-state index is 13.3. The summed E-state index contributed by atoms with van der Waals surface area (Å²) in [5, 5.41) is 14.1. The third-order valence-corrected chi connectivity index (χ3v) is 7.32. The number of ether oxygens (including phenoxy) is 1. The molecular formula is C26H33F3N4O4. The smallest absolute Gasteiger partial charge is 0.386 e. The zero-order chi connectivity index (χ0) is 26.4. The number of amides is 1. The standard InChI is InChI=1S/C26H33F3N4O4/c27-26(28,29)23-17-20(9-12-24(23)33(35)36)30-19-7-10-22(11-8-19)37-18-25(34)32-14-4-13-31(15-16-32)21-5-2-1-3-6-21/h1-3,5-6,9,12,19,22-23,30H,4,7-8,10-11,13-18H2. The molecule has 3 aliphatic rings. The van der Waals surface area contributed by atoms with E-state index in [1.165, 1.54) is 6.08 Å². The third kappa shape index (κ3) is 7.24. The maximum Gasteiger partial charge on any atom is 0.402 e. The lowest BCUT2D eigenvalue weighted by molar-refractivity contribution is -0.443. The molecule has 1 amide bonds. The number of anilines is 1. The number of halogens is 3. The number of carbonyl (C=O) groups excluding carboxylic acids is 1. The Morgan fingerprint density at radius 1 is 1.05 bits per heavy atom. The lowest BCUT2D eigenvalue weighted by Crippen LogP contribution is -2.40. The maximum atomic E-state index is 13.3. The topological polar surface area (TPSA) is 87.9 Å². The first-order valence-electron chi connectivity index (χ1n) is 12.8. The number of hydrogen-bond donors (Lipinski definition) is 1. The van der Waals surface area contributed by atoms with Gasteiger partial charge in [-0.3, -0.25) is 14.9 Å². The van der Waals surface area contributed by atoms with Crippen LogP contribution < -0.4 is 10.2 Å². The fourth-order valence-electron chi connectivity index (χ4n) is 5.25. The number of rotatable bonds is 7. The highest BCUT2D eigenvalue weighted by Gasteiger charge is 2.49. The Morgan fingerprint density at radius 2 is 1.78 bits per heavy atom. The van der Waals surface area contributed by atoms with Gasteiger partial charge in [-0.1, -0.05) is 18.2 Å². The number of nitrogens with one attached hydrogen (secondary N) is 1. The minimum absolute atomic E-state index is 0.0194. The van der Waals surface area contributed by atoms with Gasteiger partial charge in [0.25, 0.3) is 5.70 Å². The Morgan fingerprint density at radius 3 is 2.46 bits per heavy atom. The van der Waals surface area contributed by atoms with Crippen molar-refractivity contribution in [3.63, 3.8) is 0 Å². The molecule has 1 aromatic rings. The summed E-state index contributed by atoms with van der Waals surface area (Å²) in [6.45, 7) is 3.04. The Hall–Kier alpha value is -3.08. The molecule has 1 saturated carbocycles. The highest BCUT2D eigenvalue weighted by Crippen LogP contribution is 2.39. The number of nitro groups is 1. The van der Waals surface area contributed by atoms with E-state index in [0.29, 0.717) is 44.5 Å². The van der Waals surface area contributed by atoms with Gasteiger partial charge in [-0.25, -0.2) is 0 Å². The number of nitrogens with zero attached hydrogens (tertiary/aromatic N) is 3. The lowest BCUT2D eigenvalue weighted by atomic mass is 9.90. The third-order valence-electron chi connectivity index (χ3n) is 7.32. The van der Waals surface area contributed by atoms with Crippen LogP contribution in [0, 0.1) is 16.0 Å². The van der Waals surface area contributed by atoms with Gasteiger partial charge in [-0.2, -0.15) is 13.2 Å². The number of para-hydroxylation sites is 1. The van der Waals surface area contributed by atoms with Crippen molar-refractivity contribution in [2.75, 3.05) is 37.7 Å². The lowest BCUT2D eigenvalue weighted by Gasteiger charge is -2.32. The molecule has 1 atom stereocenters. The van der Waals surface area contributed by atoms with Gasteiger partial charge in [-0.05, 0) is 50.3 Å². The molecule has 1 heterocycles. The molecule has 11 heteroatoms. The second-order valence-electron chi connectivity index (χ2n) is 9.82. The van der Waals surface area contributed by atoms with Crippen LogP contribution in [0.2, 0.25) is 0 Å². The monoisotopic (exact) mass is 522 g/mol. The number of hydrogen-bond acceptors (Lipinski definition) is 6. The van der Waals surface area contributed by atoms with E-state index in [9.17, 15) is 28.1 Å². The fraction of sp³-hybridized carbons (Fsp3) is 0.577. The summed E-state index contributed by atoms with van der Waals surface area (Å²) in [7, 11) is 0. The number of allylic oxidation sites excluding steroid dienone is 4. The molecule has 1 N–H and O–H groups in total. The molecule has 37 heavy (non-hydrogen) atoms. The van der Waals surface area contributed by atoms with Crippen molar-refractivity contribution in [1.29, 1.82) is 0 Å². The molecular weight excluding hydrogens is 489 g/mol. The van der Waals surface area contributed by atoms with Crippen molar-refractivity contribution in [2.24, 2.45) is 5.92 Å². The molecule has 202 valence electrons. The normalized spacial score (nSPS) is 25.1. The highest BCUT2D eigenvalue weighted by atomic mass is 19.4. The summed E-state index contributed by atoms with van der Waals surface area (Å²) in [6, 6.07) is 10.1. The van der Waals surface area contributed by atoms with Crippen LogP contribution in [-0.4, -0.2) is 66.8 Å². The number of alkyl halides is 3. The largest absolute Gasteiger partial charge is 0.402 e. The summed E-state index contributed by atoms with van der Waals surface area (Å²) in [6.07, 6.45) is 0.776. The average Bonchev–Trinajstić information content (AvgIpc) is 3.14. The molecule has 1 aliphatic heterocycles. The Kier molecular flexibility index (Phi) is 8.73. The first-order valence-corrected chi connectivity index (χ1v) is 12.8. The van der Waals surface area contributed by atoms with E-state index >= 15 is 0 Å². The van der Waals surface area contributed by atoms with Gasteiger partial charge in [0.05, 0.1) is 11.0 Å². The summed E-state index contributed by atoms with van der Waals surface area (Å²) >= 11 is 0. The van der Waals surface area contributed by atoms with E-state index in [1.54, 1.807) is 0 Å². The molecule has 1 saturated heterocycles. The minimum atomic E-state index is -4.68. The van der Waals surface area contributed by atoms with Gasteiger partial charge in [0.15, 0.2) is 5.92 Å². The first kappa shape index (κ1) is 27.0. The predicted molar refractivity (Wildman–Crippen MR) is 132 cm³/mol. The number of benzene rings is 1. The summed E-state index contributed by atoms with van der Waals surface area (Å²) in [5.41, 5.74) is 0.695. The van der Waals surface area contributed by atoms with Crippen LogP contribution in [0.25, 0.3) is 0 Å². The Balaban J connectivity index is 1.19. The molecule has 1 aromatic carbocycles. The van der Waals surface area contributed by atoms with Gasteiger partial charge < -0.3 is 19.9 Å². The SMILES string of the molecule is O=C(COC1CCC(NC2=CC=C([N+](=O)[O-])C(C(F)(F)F)C2)CC1)N1CCCN(c2ccccc2)CC1. The highest BCUT2D eigenvalue weighted by molar-refractivity contribution is 5.77. The van der Waals surface area contributed by atoms with E-state index in [0.717, 1.165) is 31.3 Å². The predicted octanol–water partition coefficient (Wildman–Crippen LogP) is 4.27. The number of carbonyl (C=O) groups is 1. The van der Waals surface area contributed by atoms with Crippen molar-refractivity contribution >= 4 is 11.6 Å². The van der Waals surface area contributed by atoms with Gasteiger partial charge in [0.1, 0.15) is 6.61 Å². The Bertz CT molecular complexity index is 1010. The van der Waals surface area contributed by atoms with Crippen LogP contribution in [0.1, 0.15) is 38.5 Å². The summed E-state index contributed by atoms with van der Waals surface area (Å²) < 4.78 is 45.8. The van der Waals surface area contributed by atoms with Crippen LogP contribution in [0.3, 0.4) is 0 Å².